The van der Waals surface area contributed by atoms with Gasteiger partial charge < -0.3 is 0 Å². The Labute approximate surface area is 95.9 Å². The van der Waals surface area contributed by atoms with Gasteiger partial charge in [-0.25, -0.2) is 4.39 Å². The van der Waals surface area contributed by atoms with E-state index in [4.69, 9.17) is 11.6 Å². The van der Waals surface area contributed by atoms with E-state index in [0.29, 0.717) is 5.56 Å². The van der Waals surface area contributed by atoms with Crippen LogP contribution in [-0.2, 0) is 0 Å². The molecule has 0 radical (unpaired) electrons. The molecule has 1 aromatic carbocycles. The van der Waals surface area contributed by atoms with Gasteiger partial charge in [0.2, 0.25) is 0 Å². The molecule has 0 unspecified atom stereocenters. The van der Waals surface area contributed by atoms with Crippen molar-refractivity contribution >= 4 is 17.4 Å². The van der Waals surface area contributed by atoms with Gasteiger partial charge in [-0.1, -0.05) is 11.6 Å². The van der Waals surface area contributed by atoms with Crippen LogP contribution in [0.3, 0.4) is 0 Å². The van der Waals surface area contributed by atoms with Gasteiger partial charge in [0.1, 0.15) is 5.82 Å². The van der Waals surface area contributed by atoms with Gasteiger partial charge in [0.05, 0.1) is 17.4 Å². The lowest BCUT2D eigenvalue weighted by Crippen LogP contribution is -2.03. The first-order chi connectivity index (χ1) is 7.68. The molecule has 0 aliphatic rings. The fourth-order valence-electron chi connectivity index (χ4n) is 1.25. The normalized spacial score (nSPS) is 10.1. The zero-order valence-electron chi connectivity index (χ0n) is 8.02. The highest BCUT2D eigenvalue weighted by molar-refractivity contribution is 6.34. The van der Waals surface area contributed by atoms with Crippen LogP contribution in [-0.4, -0.2) is 16.0 Å². The molecule has 0 spiro atoms. The van der Waals surface area contributed by atoms with E-state index in [0.717, 1.165) is 6.07 Å². The lowest BCUT2D eigenvalue weighted by molar-refractivity contribution is 0.103. The zero-order chi connectivity index (χ0) is 11.5. The van der Waals surface area contributed by atoms with Gasteiger partial charge in [0.25, 0.3) is 0 Å². The number of benzene rings is 1. The highest BCUT2D eigenvalue weighted by Gasteiger charge is 2.13. The van der Waals surface area contributed by atoms with Crippen molar-refractivity contribution in [3.63, 3.8) is 0 Å². The van der Waals surface area contributed by atoms with Crippen LogP contribution in [0.1, 0.15) is 15.9 Å². The Bertz CT molecular complexity index is 531. The molecule has 0 amide bonds. The number of ketones is 1. The number of aromatic nitrogens is 2. The molecule has 1 aromatic heterocycles. The van der Waals surface area contributed by atoms with Crippen molar-refractivity contribution in [2.75, 3.05) is 0 Å². The van der Waals surface area contributed by atoms with Gasteiger partial charge in [0, 0.05) is 11.1 Å². The van der Waals surface area contributed by atoms with Crippen molar-refractivity contribution in [3.05, 3.63) is 58.6 Å². The van der Waals surface area contributed by atoms with Crippen molar-refractivity contribution in [1.29, 1.82) is 0 Å². The lowest BCUT2D eigenvalue weighted by Gasteiger charge is -2.02. The topological polar surface area (TPSA) is 42.9 Å². The molecule has 0 aliphatic carbocycles. The first-order valence-electron chi connectivity index (χ1n) is 4.45. The van der Waals surface area contributed by atoms with Crippen LogP contribution in [0.15, 0.2) is 36.7 Å². The number of hydrogen-bond donors (Lipinski definition) is 0. The minimum absolute atomic E-state index is 0.120. The maximum atomic E-state index is 13.0. The van der Waals surface area contributed by atoms with Crippen molar-refractivity contribution in [2.24, 2.45) is 0 Å². The van der Waals surface area contributed by atoms with Crippen LogP contribution in [0.4, 0.5) is 4.39 Å². The third-order valence-corrected chi connectivity index (χ3v) is 2.35. The Morgan fingerprint density at radius 3 is 2.75 bits per heavy atom. The molecular weight excluding hydrogens is 231 g/mol. The quantitative estimate of drug-likeness (QED) is 0.753. The van der Waals surface area contributed by atoms with Gasteiger partial charge in [-0.05, 0) is 24.3 Å². The van der Waals surface area contributed by atoms with Gasteiger partial charge in [-0.2, -0.15) is 10.2 Å². The molecule has 0 atom stereocenters. The van der Waals surface area contributed by atoms with E-state index >= 15 is 0 Å². The minimum atomic E-state index is -0.505. The fraction of sp³-hybridized carbons (Fsp3) is 0. The van der Waals surface area contributed by atoms with Gasteiger partial charge >= 0.3 is 0 Å². The van der Waals surface area contributed by atoms with E-state index in [1.54, 1.807) is 0 Å². The summed E-state index contributed by atoms with van der Waals surface area (Å²) in [5.41, 5.74) is 0.442. The second-order valence-electron chi connectivity index (χ2n) is 3.08. The van der Waals surface area contributed by atoms with Crippen molar-refractivity contribution in [1.82, 2.24) is 10.2 Å². The van der Waals surface area contributed by atoms with Gasteiger partial charge in [-0.15, -0.1) is 0 Å². The largest absolute Gasteiger partial charge is 0.288 e. The molecular formula is C11H6ClFN2O. The molecule has 0 aliphatic heterocycles. The Balaban J connectivity index is 2.46. The lowest BCUT2D eigenvalue weighted by atomic mass is 10.1. The van der Waals surface area contributed by atoms with Crippen LogP contribution in [0.5, 0.6) is 0 Å². The van der Waals surface area contributed by atoms with E-state index in [-0.39, 0.29) is 16.4 Å². The molecule has 3 nitrogen and oxygen atoms in total. The molecule has 80 valence electrons. The van der Waals surface area contributed by atoms with Crippen LogP contribution in [0.25, 0.3) is 0 Å². The van der Waals surface area contributed by atoms with Crippen molar-refractivity contribution in [2.45, 2.75) is 0 Å². The monoisotopic (exact) mass is 236 g/mol. The summed E-state index contributed by atoms with van der Waals surface area (Å²) in [6, 6.07) is 5.14. The Morgan fingerprint density at radius 2 is 2.06 bits per heavy atom. The molecule has 1 heterocycles. The maximum Gasteiger partial charge on any atom is 0.196 e. The second kappa shape index (κ2) is 4.37. The summed E-state index contributed by atoms with van der Waals surface area (Å²) >= 11 is 5.82. The Hall–Kier alpha value is -1.81. The third-order valence-electron chi connectivity index (χ3n) is 2.02. The first-order valence-corrected chi connectivity index (χ1v) is 4.83. The number of rotatable bonds is 2. The Kier molecular flexibility index (Phi) is 2.92. The number of carbonyl (C=O) groups is 1. The SMILES string of the molecule is O=C(c1ccnnc1)c1cc(F)ccc1Cl. The minimum Gasteiger partial charge on any atom is -0.288 e. The number of halogens is 2. The van der Waals surface area contributed by atoms with Crippen molar-refractivity contribution < 1.29 is 9.18 Å². The molecule has 5 heteroatoms. The van der Waals surface area contributed by atoms with Crippen molar-refractivity contribution in [3.8, 4) is 0 Å². The summed E-state index contributed by atoms with van der Waals surface area (Å²) in [6.07, 6.45) is 2.70. The van der Waals surface area contributed by atoms with Crippen LogP contribution in [0, 0.1) is 5.82 Å². The number of nitrogens with zero attached hydrogens (tertiary/aromatic N) is 2. The molecule has 2 aromatic rings. The summed E-state index contributed by atoms with van der Waals surface area (Å²) < 4.78 is 13.0. The molecule has 2 rings (SSSR count). The zero-order valence-corrected chi connectivity index (χ0v) is 8.78. The average molecular weight is 237 g/mol. The molecule has 0 bridgehead atoms. The average Bonchev–Trinajstić information content (AvgIpc) is 2.32. The van der Waals surface area contributed by atoms with Crippen LogP contribution in [0.2, 0.25) is 5.02 Å². The summed E-state index contributed by atoms with van der Waals surface area (Å²) in [4.78, 5) is 11.9. The summed E-state index contributed by atoms with van der Waals surface area (Å²) in [5.74, 6) is -0.880. The molecule has 0 saturated heterocycles. The maximum absolute atomic E-state index is 13.0. The standard InChI is InChI=1S/C11H6ClFN2O/c12-10-2-1-8(13)5-9(10)11(16)7-3-4-14-15-6-7/h1-6H. The highest BCUT2D eigenvalue weighted by Crippen LogP contribution is 2.20. The van der Waals surface area contributed by atoms with E-state index < -0.39 is 5.82 Å². The molecule has 0 N–H and O–H groups in total. The van der Waals surface area contributed by atoms with Gasteiger partial charge in [-0.3, -0.25) is 4.79 Å². The summed E-state index contributed by atoms with van der Waals surface area (Å²) in [6.45, 7) is 0. The molecule has 0 fully saturated rings. The number of hydrogen-bond acceptors (Lipinski definition) is 3. The predicted octanol–water partition coefficient (Wildman–Crippen LogP) is 2.50. The van der Waals surface area contributed by atoms with Crippen LogP contribution >= 0.6 is 11.6 Å². The molecule has 0 saturated carbocycles. The highest BCUT2D eigenvalue weighted by atomic mass is 35.5. The van der Waals surface area contributed by atoms with E-state index in [1.165, 1.54) is 30.6 Å². The predicted molar refractivity (Wildman–Crippen MR) is 56.9 cm³/mol. The molecule has 16 heavy (non-hydrogen) atoms. The van der Waals surface area contributed by atoms with Crippen LogP contribution < -0.4 is 0 Å². The summed E-state index contributed by atoms with van der Waals surface area (Å²) in [7, 11) is 0. The van der Waals surface area contributed by atoms with Gasteiger partial charge in [0.15, 0.2) is 5.78 Å². The Morgan fingerprint density at radius 1 is 1.25 bits per heavy atom. The summed E-state index contributed by atoms with van der Waals surface area (Å²) in [5, 5.41) is 7.34. The number of carbonyl (C=O) groups excluding carboxylic acids is 1. The van der Waals surface area contributed by atoms with E-state index in [9.17, 15) is 9.18 Å². The third kappa shape index (κ3) is 2.06. The van der Waals surface area contributed by atoms with E-state index in [1.807, 2.05) is 0 Å². The second-order valence-corrected chi connectivity index (χ2v) is 3.49. The first kappa shape index (κ1) is 10.7. The smallest absolute Gasteiger partial charge is 0.196 e. The fourth-order valence-corrected chi connectivity index (χ4v) is 1.46. The van der Waals surface area contributed by atoms with E-state index in [2.05, 4.69) is 10.2 Å².